The van der Waals surface area contributed by atoms with Crippen molar-refractivity contribution in [2.24, 2.45) is 7.05 Å². The Bertz CT molecular complexity index is 618. The standard InChI is InChI=1S/C16H20ClN3/c1-11-14(16(17)20(2)19-11)10-18-15-9-5-7-12-6-3-4-8-13(12)15/h3-4,6,8,15,18H,5,7,9-10H2,1-2H3. The second kappa shape index (κ2) is 5.58. The normalized spacial score (nSPS) is 18.1. The lowest BCUT2D eigenvalue weighted by Gasteiger charge is -2.26. The van der Waals surface area contributed by atoms with Gasteiger partial charge in [-0.25, -0.2) is 0 Å². The van der Waals surface area contributed by atoms with Gasteiger partial charge in [0.1, 0.15) is 5.15 Å². The third-order valence-electron chi connectivity index (χ3n) is 4.16. The van der Waals surface area contributed by atoms with Crippen molar-refractivity contribution >= 4 is 11.6 Å². The van der Waals surface area contributed by atoms with Crippen molar-refractivity contribution < 1.29 is 0 Å². The van der Waals surface area contributed by atoms with Crippen LogP contribution in [0.3, 0.4) is 0 Å². The Hall–Kier alpha value is -1.32. The molecular formula is C16H20ClN3. The van der Waals surface area contributed by atoms with Crippen molar-refractivity contribution in [2.75, 3.05) is 0 Å². The molecule has 0 saturated heterocycles. The number of nitrogens with one attached hydrogen (secondary N) is 1. The van der Waals surface area contributed by atoms with Gasteiger partial charge in [0.25, 0.3) is 0 Å². The van der Waals surface area contributed by atoms with Gasteiger partial charge < -0.3 is 5.32 Å². The molecule has 0 bridgehead atoms. The predicted octanol–water partition coefficient (Wildman–Crippen LogP) is 3.55. The molecule has 1 heterocycles. The van der Waals surface area contributed by atoms with E-state index < -0.39 is 0 Å². The fourth-order valence-corrected chi connectivity index (χ4v) is 3.31. The molecule has 4 heteroatoms. The topological polar surface area (TPSA) is 29.9 Å². The van der Waals surface area contributed by atoms with Crippen molar-refractivity contribution in [2.45, 2.75) is 38.8 Å². The summed E-state index contributed by atoms with van der Waals surface area (Å²) in [5.74, 6) is 0. The fraction of sp³-hybridized carbons (Fsp3) is 0.438. The smallest absolute Gasteiger partial charge is 0.131 e. The maximum absolute atomic E-state index is 6.29. The Kier molecular flexibility index (Phi) is 3.81. The van der Waals surface area contributed by atoms with Crippen LogP contribution in [-0.4, -0.2) is 9.78 Å². The largest absolute Gasteiger partial charge is 0.306 e. The molecule has 1 aliphatic carbocycles. The number of fused-ring (bicyclic) bond motifs is 1. The number of rotatable bonds is 3. The molecule has 3 nitrogen and oxygen atoms in total. The van der Waals surface area contributed by atoms with Gasteiger partial charge in [0.15, 0.2) is 0 Å². The maximum atomic E-state index is 6.29. The summed E-state index contributed by atoms with van der Waals surface area (Å²) >= 11 is 6.29. The fourth-order valence-electron chi connectivity index (χ4n) is 3.07. The highest BCUT2D eigenvalue weighted by molar-refractivity contribution is 6.30. The molecule has 2 aromatic rings. The molecule has 0 aliphatic heterocycles. The Morgan fingerprint density at radius 2 is 2.20 bits per heavy atom. The first kappa shape index (κ1) is 13.7. The Morgan fingerprint density at radius 3 is 2.95 bits per heavy atom. The molecule has 3 rings (SSSR count). The van der Waals surface area contributed by atoms with E-state index in [1.807, 2.05) is 14.0 Å². The zero-order valence-corrected chi connectivity index (χ0v) is 12.7. The number of hydrogen-bond acceptors (Lipinski definition) is 2. The lowest BCUT2D eigenvalue weighted by molar-refractivity contribution is 0.458. The summed E-state index contributed by atoms with van der Waals surface area (Å²) in [6.07, 6.45) is 3.63. The molecule has 0 saturated carbocycles. The van der Waals surface area contributed by atoms with E-state index in [9.17, 15) is 0 Å². The molecule has 0 amide bonds. The molecule has 0 spiro atoms. The first-order chi connectivity index (χ1) is 9.66. The number of halogens is 1. The highest BCUT2D eigenvalue weighted by Gasteiger charge is 2.20. The van der Waals surface area contributed by atoms with E-state index in [-0.39, 0.29) is 0 Å². The van der Waals surface area contributed by atoms with Gasteiger partial charge in [-0.3, -0.25) is 4.68 Å². The molecule has 20 heavy (non-hydrogen) atoms. The van der Waals surface area contributed by atoms with Gasteiger partial charge >= 0.3 is 0 Å². The van der Waals surface area contributed by atoms with E-state index in [2.05, 4.69) is 34.7 Å². The number of hydrogen-bond donors (Lipinski definition) is 1. The Morgan fingerprint density at radius 1 is 1.40 bits per heavy atom. The van der Waals surface area contributed by atoms with Crippen molar-refractivity contribution in [1.29, 1.82) is 0 Å². The summed E-state index contributed by atoms with van der Waals surface area (Å²) in [5.41, 5.74) is 5.04. The van der Waals surface area contributed by atoms with E-state index in [4.69, 9.17) is 11.6 Å². The van der Waals surface area contributed by atoms with Crippen LogP contribution in [0.1, 0.15) is 41.3 Å². The average molecular weight is 290 g/mol. The Balaban J connectivity index is 1.77. The molecule has 1 aromatic heterocycles. The van der Waals surface area contributed by atoms with Crippen molar-refractivity contribution in [3.05, 3.63) is 51.8 Å². The maximum Gasteiger partial charge on any atom is 0.131 e. The van der Waals surface area contributed by atoms with Crippen molar-refractivity contribution in [1.82, 2.24) is 15.1 Å². The van der Waals surface area contributed by atoms with Crippen LogP contribution < -0.4 is 5.32 Å². The van der Waals surface area contributed by atoms with Crippen LogP contribution in [0.5, 0.6) is 0 Å². The van der Waals surface area contributed by atoms with Gasteiger partial charge in [-0.2, -0.15) is 5.10 Å². The predicted molar refractivity (Wildman–Crippen MR) is 81.9 cm³/mol. The lowest BCUT2D eigenvalue weighted by atomic mass is 9.87. The number of aryl methyl sites for hydroxylation is 3. The summed E-state index contributed by atoms with van der Waals surface area (Å²) < 4.78 is 1.74. The van der Waals surface area contributed by atoms with Crippen molar-refractivity contribution in [3.8, 4) is 0 Å². The average Bonchev–Trinajstić information content (AvgIpc) is 2.70. The summed E-state index contributed by atoms with van der Waals surface area (Å²) in [6.45, 7) is 2.79. The third-order valence-corrected chi connectivity index (χ3v) is 4.64. The van der Waals surface area contributed by atoms with E-state index in [1.165, 1.54) is 30.4 Å². The van der Waals surface area contributed by atoms with E-state index in [1.54, 1.807) is 4.68 Å². The first-order valence-electron chi connectivity index (χ1n) is 7.16. The molecule has 1 N–H and O–H groups in total. The highest BCUT2D eigenvalue weighted by Crippen LogP contribution is 2.30. The van der Waals surface area contributed by atoms with Gasteiger partial charge in [-0.1, -0.05) is 35.9 Å². The van der Waals surface area contributed by atoms with Gasteiger partial charge in [-0.15, -0.1) is 0 Å². The molecule has 0 radical (unpaired) electrons. The third kappa shape index (κ3) is 2.48. The molecular weight excluding hydrogens is 270 g/mol. The van der Waals surface area contributed by atoms with Crippen LogP contribution in [-0.2, 0) is 20.0 Å². The molecule has 106 valence electrons. The highest BCUT2D eigenvalue weighted by atomic mass is 35.5. The molecule has 0 fully saturated rings. The summed E-state index contributed by atoms with van der Waals surface area (Å²) in [5, 5.41) is 8.75. The van der Waals surface area contributed by atoms with E-state index in [0.717, 1.165) is 23.0 Å². The quantitative estimate of drug-likeness (QED) is 0.936. The second-order valence-corrected chi connectivity index (χ2v) is 5.86. The minimum atomic E-state index is 0.427. The van der Waals surface area contributed by atoms with Crippen LogP contribution in [0.25, 0.3) is 0 Å². The number of aromatic nitrogens is 2. The van der Waals surface area contributed by atoms with Gasteiger partial charge in [0.2, 0.25) is 0 Å². The molecule has 1 aromatic carbocycles. The van der Waals surface area contributed by atoms with Gasteiger partial charge in [0, 0.05) is 25.2 Å². The van der Waals surface area contributed by atoms with Crippen LogP contribution in [0, 0.1) is 6.92 Å². The van der Waals surface area contributed by atoms with Crippen LogP contribution in [0.15, 0.2) is 24.3 Å². The van der Waals surface area contributed by atoms with Crippen LogP contribution in [0.2, 0.25) is 5.15 Å². The minimum absolute atomic E-state index is 0.427. The Labute approximate surface area is 124 Å². The van der Waals surface area contributed by atoms with Crippen molar-refractivity contribution in [3.63, 3.8) is 0 Å². The number of benzene rings is 1. The summed E-state index contributed by atoms with van der Waals surface area (Å²) in [4.78, 5) is 0. The zero-order chi connectivity index (χ0) is 14.1. The van der Waals surface area contributed by atoms with E-state index >= 15 is 0 Å². The minimum Gasteiger partial charge on any atom is -0.306 e. The summed E-state index contributed by atoms with van der Waals surface area (Å²) in [7, 11) is 1.88. The van der Waals surface area contributed by atoms with Crippen LogP contribution in [0.4, 0.5) is 0 Å². The molecule has 1 unspecified atom stereocenters. The van der Waals surface area contributed by atoms with E-state index in [0.29, 0.717) is 6.04 Å². The van der Waals surface area contributed by atoms with Gasteiger partial charge in [0.05, 0.1) is 5.69 Å². The zero-order valence-electron chi connectivity index (χ0n) is 12.0. The second-order valence-electron chi connectivity index (χ2n) is 5.50. The molecule has 1 atom stereocenters. The molecule has 1 aliphatic rings. The number of nitrogens with zero attached hydrogens (tertiary/aromatic N) is 2. The summed E-state index contributed by atoms with van der Waals surface area (Å²) in [6, 6.07) is 9.16. The monoisotopic (exact) mass is 289 g/mol. The first-order valence-corrected chi connectivity index (χ1v) is 7.53. The lowest BCUT2D eigenvalue weighted by Crippen LogP contribution is -2.25. The SMILES string of the molecule is Cc1nn(C)c(Cl)c1CNC1CCCc2ccccc21. The van der Waals surface area contributed by atoms with Crippen LogP contribution >= 0.6 is 11.6 Å². The van der Waals surface area contributed by atoms with Gasteiger partial charge in [-0.05, 0) is 37.3 Å².